The van der Waals surface area contributed by atoms with E-state index in [-0.39, 0.29) is 11.9 Å². The van der Waals surface area contributed by atoms with Crippen LogP contribution in [0, 0.1) is 0 Å². The van der Waals surface area contributed by atoms with Crippen LogP contribution >= 0.6 is 0 Å². The second kappa shape index (κ2) is 6.18. The van der Waals surface area contributed by atoms with E-state index >= 15 is 0 Å². The summed E-state index contributed by atoms with van der Waals surface area (Å²) in [5.41, 5.74) is 0.964. The molecule has 5 heteroatoms. The van der Waals surface area contributed by atoms with Gasteiger partial charge >= 0.3 is 0 Å². The Morgan fingerprint density at radius 3 is 2.76 bits per heavy atom. The highest BCUT2D eigenvalue weighted by molar-refractivity contribution is 5.83. The topological polar surface area (TPSA) is 58.1 Å². The van der Waals surface area contributed by atoms with Crippen molar-refractivity contribution in [2.45, 2.75) is 33.2 Å². The molecule has 1 aromatic rings. The van der Waals surface area contributed by atoms with E-state index in [4.69, 9.17) is 0 Å². The molecule has 5 nitrogen and oxygen atoms in total. The average molecular weight is 236 g/mol. The van der Waals surface area contributed by atoms with Crippen LogP contribution in [0.2, 0.25) is 0 Å². The van der Waals surface area contributed by atoms with Crippen LogP contribution < -0.4 is 5.32 Å². The number of rotatable bonds is 5. The molecular weight excluding hydrogens is 216 g/mol. The Hall–Kier alpha value is -1.65. The number of hydrogen-bond acceptors (Lipinski definition) is 4. The lowest BCUT2D eigenvalue weighted by molar-refractivity contribution is -0.130. The van der Waals surface area contributed by atoms with E-state index in [1.165, 1.54) is 6.33 Å². The third-order valence-corrected chi connectivity index (χ3v) is 2.67. The monoisotopic (exact) mass is 236 g/mol. The first kappa shape index (κ1) is 13.4. The molecule has 0 fully saturated rings. The second-order valence-corrected chi connectivity index (χ2v) is 3.97. The summed E-state index contributed by atoms with van der Waals surface area (Å²) in [4.78, 5) is 21.7. The first-order chi connectivity index (χ1) is 8.08. The zero-order valence-electron chi connectivity index (χ0n) is 10.9. The van der Waals surface area contributed by atoms with Gasteiger partial charge in [0.2, 0.25) is 5.91 Å². The molecule has 1 unspecified atom stereocenters. The van der Waals surface area contributed by atoms with E-state index in [2.05, 4.69) is 15.3 Å². The maximum Gasteiger partial charge on any atom is 0.244 e. The maximum absolute atomic E-state index is 11.9. The van der Waals surface area contributed by atoms with Gasteiger partial charge in [0.1, 0.15) is 18.2 Å². The van der Waals surface area contributed by atoms with Crippen LogP contribution in [0.1, 0.15) is 26.5 Å². The fourth-order valence-corrected chi connectivity index (χ4v) is 1.44. The molecule has 0 aliphatic heterocycles. The van der Waals surface area contributed by atoms with Crippen LogP contribution in [0.15, 0.2) is 12.4 Å². The van der Waals surface area contributed by atoms with Crippen molar-refractivity contribution < 1.29 is 4.79 Å². The molecule has 1 heterocycles. The van der Waals surface area contributed by atoms with Crippen molar-refractivity contribution >= 4 is 11.7 Å². The summed E-state index contributed by atoms with van der Waals surface area (Å²) in [5, 5.41) is 3.09. The van der Waals surface area contributed by atoms with Crippen LogP contribution in [0.3, 0.4) is 0 Å². The van der Waals surface area contributed by atoms with Gasteiger partial charge in [-0.05, 0) is 20.3 Å². The highest BCUT2D eigenvalue weighted by Gasteiger charge is 2.16. The third kappa shape index (κ3) is 3.69. The minimum absolute atomic E-state index is 0.0594. The third-order valence-electron chi connectivity index (χ3n) is 2.67. The highest BCUT2D eigenvalue weighted by atomic mass is 16.2. The average Bonchev–Trinajstić information content (AvgIpc) is 2.37. The number of nitrogens with one attached hydrogen (secondary N) is 1. The van der Waals surface area contributed by atoms with Crippen LogP contribution in [-0.2, 0) is 11.2 Å². The Labute approximate surface area is 102 Å². The van der Waals surface area contributed by atoms with Crippen LogP contribution in [0.25, 0.3) is 0 Å². The standard InChI is InChI=1S/C12H20N4O/c1-5-10-7-11(14-8-13-10)15-9(3)12(17)16(4)6-2/h7-9H,5-6H2,1-4H3,(H,13,14,15). The number of nitrogens with zero attached hydrogens (tertiary/aromatic N) is 3. The zero-order chi connectivity index (χ0) is 12.8. The molecule has 0 bridgehead atoms. The molecule has 0 aromatic carbocycles. The van der Waals surface area contributed by atoms with Crippen LogP contribution in [0.4, 0.5) is 5.82 Å². The summed E-state index contributed by atoms with van der Waals surface area (Å²) < 4.78 is 0. The summed E-state index contributed by atoms with van der Waals surface area (Å²) >= 11 is 0. The smallest absolute Gasteiger partial charge is 0.244 e. The van der Waals surface area contributed by atoms with Gasteiger partial charge in [0.05, 0.1) is 0 Å². The molecule has 0 aliphatic carbocycles. The fraction of sp³-hybridized carbons (Fsp3) is 0.583. The number of likely N-dealkylation sites (N-methyl/N-ethyl adjacent to an activating group) is 1. The fourth-order valence-electron chi connectivity index (χ4n) is 1.44. The quantitative estimate of drug-likeness (QED) is 0.837. The second-order valence-electron chi connectivity index (χ2n) is 3.97. The SMILES string of the molecule is CCc1cc(NC(C)C(=O)N(C)CC)ncn1. The predicted octanol–water partition coefficient (Wildman–Crippen LogP) is 1.32. The van der Waals surface area contributed by atoms with Gasteiger partial charge in [-0.25, -0.2) is 9.97 Å². The maximum atomic E-state index is 11.9. The lowest BCUT2D eigenvalue weighted by atomic mass is 10.2. The van der Waals surface area contributed by atoms with E-state index < -0.39 is 0 Å². The molecule has 17 heavy (non-hydrogen) atoms. The Morgan fingerprint density at radius 1 is 1.47 bits per heavy atom. The van der Waals surface area contributed by atoms with Gasteiger partial charge in [0, 0.05) is 25.4 Å². The lowest BCUT2D eigenvalue weighted by Crippen LogP contribution is -2.39. The Balaban J connectivity index is 2.67. The summed E-state index contributed by atoms with van der Waals surface area (Å²) in [6.07, 6.45) is 2.37. The molecule has 0 radical (unpaired) electrons. The minimum atomic E-state index is -0.278. The van der Waals surface area contributed by atoms with Crippen molar-refractivity contribution in [3.05, 3.63) is 18.1 Å². The minimum Gasteiger partial charge on any atom is -0.359 e. The highest BCUT2D eigenvalue weighted by Crippen LogP contribution is 2.07. The Bertz CT molecular complexity index is 381. The summed E-state index contributed by atoms with van der Waals surface area (Å²) in [6.45, 7) is 6.52. The van der Waals surface area contributed by atoms with Gasteiger partial charge in [-0.1, -0.05) is 6.92 Å². The van der Waals surface area contributed by atoms with Gasteiger partial charge in [0.15, 0.2) is 0 Å². The van der Waals surface area contributed by atoms with Gasteiger partial charge in [-0.2, -0.15) is 0 Å². The molecule has 0 spiro atoms. The molecule has 1 aromatic heterocycles. The molecule has 1 N–H and O–H groups in total. The lowest BCUT2D eigenvalue weighted by Gasteiger charge is -2.20. The van der Waals surface area contributed by atoms with Crippen LogP contribution in [0.5, 0.6) is 0 Å². The largest absolute Gasteiger partial charge is 0.359 e. The molecule has 1 amide bonds. The van der Waals surface area contributed by atoms with Crippen molar-refractivity contribution in [3.63, 3.8) is 0 Å². The zero-order valence-corrected chi connectivity index (χ0v) is 10.9. The van der Waals surface area contributed by atoms with Crippen molar-refractivity contribution in [1.29, 1.82) is 0 Å². The van der Waals surface area contributed by atoms with E-state index in [1.54, 1.807) is 11.9 Å². The van der Waals surface area contributed by atoms with Crippen molar-refractivity contribution in [2.75, 3.05) is 18.9 Å². The first-order valence-corrected chi connectivity index (χ1v) is 5.90. The molecule has 1 atom stereocenters. The first-order valence-electron chi connectivity index (χ1n) is 5.90. The predicted molar refractivity (Wildman–Crippen MR) is 67.8 cm³/mol. The van der Waals surface area contributed by atoms with E-state index in [0.717, 1.165) is 12.1 Å². The summed E-state index contributed by atoms with van der Waals surface area (Å²) in [6, 6.07) is 1.59. The van der Waals surface area contributed by atoms with Crippen molar-refractivity contribution in [1.82, 2.24) is 14.9 Å². The number of anilines is 1. The molecule has 0 saturated heterocycles. The van der Waals surface area contributed by atoms with Gasteiger partial charge in [0.25, 0.3) is 0 Å². The van der Waals surface area contributed by atoms with Crippen molar-refractivity contribution in [2.24, 2.45) is 0 Å². The van der Waals surface area contributed by atoms with Gasteiger partial charge < -0.3 is 10.2 Å². The molecule has 94 valence electrons. The number of aromatic nitrogens is 2. The van der Waals surface area contributed by atoms with E-state index in [9.17, 15) is 4.79 Å². The normalized spacial score (nSPS) is 12.0. The number of carbonyl (C=O) groups is 1. The van der Waals surface area contributed by atoms with Crippen LogP contribution in [-0.4, -0.2) is 40.4 Å². The Morgan fingerprint density at radius 2 is 2.18 bits per heavy atom. The molecule has 1 rings (SSSR count). The number of hydrogen-bond donors (Lipinski definition) is 1. The number of carbonyl (C=O) groups excluding carboxylic acids is 1. The molecule has 0 saturated carbocycles. The summed E-state index contributed by atoms with van der Waals surface area (Å²) in [5.74, 6) is 0.756. The number of aryl methyl sites for hydroxylation is 1. The van der Waals surface area contributed by atoms with E-state index in [1.807, 2.05) is 26.8 Å². The van der Waals surface area contributed by atoms with Crippen molar-refractivity contribution in [3.8, 4) is 0 Å². The van der Waals surface area contributed by atoms with E-state index in [0.29, 0.717) is 12.4 Å². The van der Waals surface area contributed by atoms with Gasteiger partial charge in [-0.3, -0.25) is 4.79 Å². The molecular formula is C12H20N4O. The number of amides is 1. The summed E-state index contributed by atoms with van der Waals surface area (Å²) in [7, 11) is 1.79. The Kier molecular flexibility index (Phi) is 4.87. The van der Waals surface area contributed by atoms with Gasteiger partial charge in [-0.15, -0.1) is 0 Å². The molecule has 0 aliphatic rings.